The quantitative estimate of drug-likeness (QED) is 0.629. The van der Waals surface area contributed by atoms with Crippen LogP contribution < -0.4 is 9.47 Å². The zero-order valence-electron chi connectivity index (χ0n) is 15.0. The minimum absolute atomic E-state index is 0.0145. The topological polar surface area (TPSA) is 54.3 Å². The maximum Gasteiger partial charge on any atom is 0.223 e. The molecule has 7 heteroatoms. The summed E-state index contributed by atoms with van der Waals surface area (Å²) in [5, 5.41) is 19.8. The van der Waals surface area contributed by atoms with E-state index in [1.165, 1.54) is 0 Å². The zero-order chi connectivity index (χ0) is 19.3. The molecule has 2 aliphatic rings. The molecule has 2 aliphatic heterocycles. The molecule has 0 spiro atoms. The fourth-order valence-corrected chi connectivity index (χ4v) is 4.68. The van der Waals surface area contributed by atoms with Gasteiger partial charge in [0.05, 0.1) is 23.7 Å². The van der Waals surface area contributed by atoms with E-state index in [2.05, 4.69) is 0 Å². The van der Waals surface area contributed by atoms with E-state index in [0.29, 0.717) is 22.8 Å². The average molecular weight is 413 g/mol. The Labute approximate surface area is 171 Å². The SMILES string of the molecule is COc1cccc2c1O[C@@H](c1cccs1)N1N=C(c3cc(Cl)ccc3O)C[C@H]21. The highest BCUT2D eigenvalue weighted by Crippen LogP contribution is 2.51. The molecule has 0 unspecified atom stereocenters. The number of hydrazone groups is 1. The van der Waals surface area contributed by atoms with Crippen LogP contribution >= 0.6 is 22.9 Å². The third-order valence-electron chi connectivity index (χ3n) is 5.06. The molecule has 5 nitrogen and oxygen atoms in total. The molecule has 142 valence electrons. The molecule has 0 bridgehead atoms. The molecule has 0 saturated carbocycles. The number of hydrogen-bond donors (Lipinski definition) is 1. The van der Waals surface area contributed by atoms with Crippen molar-refractivity contribution in [1.29, 1.82) is 0 Å². The second kappa shape index (κ2) is 6.72. The summed E-state index contributed by atoms with van der Waals surface area (Å²) in [6.07, 6.45) is 0.284. The van der Waals surface area contributed by atoms with Gasteiger partial charge in [-0.05, 0) is 35.7 Å². The number of phenols is 1. The van der Waals surface area contributed by atoms with Gasteiger partial charge in [-0.2, -0.15) is 5.10 Å². The largest absolute Gasteiger partial charge is 0.507 e. The number of hydrogen-bond acceptors (Lipinski definition) is 6. The molecule has 0 fully saturated rings. The summed E-state index contributed by atoms with van der Waals surface area (Å²) < 4.78 is 11.9. The minimum atomic E-state index is -0.354. The highest BCUT2D eigenvalue weighted by molar-refractivity contribution is 7.10. The lowest BCUT2D eigenvalue weighted by Crippen LogP contribution is -2.33. The van der Waals surface area contributed by atoms with Gasteiger partial charge < -0.3 is 14.6 Å². The summed E-state index contributed by atoms with van der Waals surface area (Å²) in [6.45, 7) is 0. The van der Waals surface area contributed by atoms with Gasteiger partial charge in [0.25, 0.3) is 0 Å². The lowest BCUT2D eigenvalue weighted by Gasteiger charge is -2.38. The van der Waals surface area contributed by atoms with Crippen molar-refractivity contribution >= 4 is 28.6 Å². The highest BCUT2D eigenvalue weighted by atomic mass is 35.5. The van der Waals surface area contributed by atoms with Crippen molar-refractivity contribution in [3.8, 4) is 17.2 Å². The molecule has 2 atom stereocenters. The molecule has 5 rings (SSSR count). The Morgan fingerprint density at radius 1 is 1.25 bits per heavy atom. The van der Waals surface area contributed by atoms with Crippen LogP contribution in [-0.2, 0) is 0 Å². The van der Waals surface area contributed by atoms with E-state index >= 15 is 0 Å². The number of nitrogens with zero attached hydrogens (tertiary/aromatic N) is 2. The third kappa shape index (κ3) is 2.72. The van der Waals surface area contributed by atoms with Crippen molar-refractivity contribution < 1.29 is 14.6 Å². The summed E-state index contributed by atoms with van der Waals surface area (Å²) in [5.74, 6) is 1.62. The standard InChI is InChI=1S/C21H17ClN2O3S/c1-26-18-5-2-4-13-16-11-15(14-10-12(22)7-8-17(14)25)23-24(16)21(27-20(13)18)19-6-3-9-28-19/h2-10,16,21,25H,11H2,1H3/t16-,21+/m1/s1. The first-order valence-electron chi connectivity index (χ1n) is 8.87. The number of aromatic hydroxyl groups is 1. The van der Waals surface area contributed by atoms with Gasteiger partial charge in [0.15, 0.2) is 11.5 Å². The first-order chi connectivity index (χ1) is 13.7. The summed E-state index contributed by atoms with van der Waals surface area (Å²) in [7, 11) is 1.64. The number of benzene rings is 2. The van der Waals surface area contributed by atoms with Crippen molar-refractivity contribution in [2.24, 2.45) is 5.10 Å². The van der Waals surface area contributed by atoms with E-state index in [9.17, 15) is 5.11 Å². The molecule has 0 radical (unpaired) electrons. The van der Waals surface area contributed by atoms with Crippen LogP contribution in [0.15, 0.2) is 59.0 Å². The fraction of sp³-hybridized carbons (Fsp3) is 0.190. The van der Waals surface area contributed by atoms with Gasteiger partial charge in [-0.3, -0.25) is 0 Å². The number of rotatable bonds is 3. The molecule has 1 N–H and O–H groups in total. The predicted molar refractivity (Wildman–Crippen MR) is 110 cm³/mol. The number of methoxy groups -OCH3 is 1. The van der Waals surface area contributed by atoms with Gasteiger partial charge in [0.2, 0.25) is 6.23 Å². The van der Waals surface area contributed by atoms with Gasteiger partial charge in [-0.1, -0.05) is 29.8 Å². The lowest BCUT2D eigenvalue weighted by atomic mass is 9.96. The molecule has 0 aliphatic carbocycles. The van der Waals surface area contributed by atoms with Crippen molar-refractivity contribution in [1.82, 2.24) is 5.01 Å². The minimum Gasteiger partial charge on any atom is -0.507 e. The van der Waals surface area contributed by atoms with Crippen LogP contribution in [0.25, 0.3) is 0 Å². The zero-order valence-corrected chi connectivity index (χ0v) is 16.6. The van der Waals surface area contributed by atoms with Gasteiger partial charge in [0.1, 0.15) is 5.75 Å². The van der Waals surface area contributed by atoms with Crippen LogP contribution in [0.3, 0.4) is 0 Å². The smallest absolute Gasteiger partial charge is 0.223 e. The Balaban J connectivity index is 1.64. The van der Waals surface area contributed by atoms with Crippen molar-refractivity contribution in [2.45, 2.75) is 18.7 Å². The number of halogens is 1. The highest BCUT2D eigenvalue weighted by Gasteiger charge is 2.42. The molecule has 1 aromatic heterocycles. The molecular weight excluding hydrogens is 396 g/mol. The Morgan fingerprint density at radius 2 is 2.14 bits per heavy atom. The average Bonchev–Trinajstić information content (AvgIpc) is 3.39. The summed E-state index contributed by atoms with van der Waals surface area (Å²) in [4.78, 5) is 1.06. The molecule has 3 heterocycles. The van der Waals surface area contributed by atoms with Crippen LogP contribution in [0.5, 0.6) is 17.2 Å². The van der Waals surface area contributed by atoms with Crippen LogP contribution in [0.2, 0.25) is 5.02 Å². The van der Waals surface area contributed by atoms with Crippen LogP contribution in [0.1, 0.15) is 34.7 Å². The van der Waals surface area contributed by atoms with E-state index in [-0.39, 0.29) is 18.0 Å². The molecule has 0 saturated heterocycles. The first-order valence-corrected chi connectivity index (χ1v) is 10.1. The van der Waals surface area contributed by atoms with Crippen LogP contribution in [-0.4, -0.2) is 22.9 Å². The second-order valence-corrected chi connectivity index (χ2v) is 8.09. The van der Waals surface area contributed by atoms with E-state index in [1.807, 2.05) is 40.7 Å². The molecule has 28 heavy (non-hydrogen) atoms. The third-order valence-corrected chi connectivity index (χ3v) is 6.19. The summed E-state index contributed by atoms with van der Waals surface area (Å²) in [5.41, 5.74) is 2.45. The number of phenolic OH excluding ortho intramolecular Hbond substituents is 1. The van der Waals surface area contributed by atoms with Crippen LogP contribution in [0, 0.1) is 0 Å². The van der Waals surface area contributed by atoms with Crippen molar-refractivity contribution in [2.75, 3.05) is 7.11 Å². The van der Waals surface area contributed by atoms with Gasteiger partial charge >= 0.3 is 0 Å². The summed E-state index contributed by atoms with van der Waals surface area (Å²) >= 11 is 7.78. The Kier molecular flexibility index (Phi) is 4.18. The predicted octanol–water partition coefficient (Wildman–Crippen LogP) is 5.36. The number of ether oxygens (including phenoxy) is 2. The van der Waals surface area contributed by atoms with Gasteiger partial charge in [-0.15, -0.1) is 11.3 Å². The van der Waals surface area contributed by atoms with Crippen LogP contribution in [0.4, 0.5) is 0 Å². The second-order valence-electron chi connectivity index (χ2n) is 6.67. The molecule has 2 aromatic carbocycles. The number of fused-ring (bicyclic) bond motifs is 3. The Bertz CT molecular complexity index is 1070. The fourth-order valence-electron chi connectivity index (χ4n) is 3.77. The van der Waals surface area contributed by atoms with E-state index < -0.39 is 0 Å². The number of para-hydroxylation sites is 1. The monoisotopic (exact) mass is 412 g/mol. The molecule has 3 aromatic rings. The maximum absolute atomic E-state index is 10.3. The van der Waals surface area contributed by atoms with E-state index in [1.54, 1.807) is 36.6 Å². The van der Waals surface area contributed by atoms with E-state index in [0.717, 1.165) is 21.9 Å². The lowest BCUT2D eigenvalue weighted by molar-refractivity contribution is -0.0184. The van der Waals surface area contributed by atoms with Gasteiger partial charge in [-0.25, -0.2) is 5.01 Å². The van der Waals surface area contributed by atoms with Crippen molar-refractivity contribution in [3.63, 3.8) is 0 Å². The molecular formula is C21H17ClN2O3S. The van der Waals surface area contributed by atoms with E-state index in [4.69, 9.17) is 26.2 Å². The first kappa shape index (κ1) is 17.4. The summed E-state index contributed by atoms with van der Waals surface area (Å²) in [6, 6.07) is 14.9. The van der Waals surface area contributed by atoms with Gasteiger partial charge in [0, 0.05) is 22.6 Å². The molecule has 0 amide bonds. The number of thiophene rings is 1. The normalized spacial score (nSPS) is 20.2. The Hall–Kier alpha value is -2.70. The van der Waals surface area contributed by atoms with Crippen molar-refractivity contribution in [3.05, 3.63) is 74.9 Å². The Morgan fingerprint density at radius 3 is 2.93 bits per heavy atom. The maximum atomic E-state index is 10.3.